The first kappa shape index (κ1) is 15.6. The molecule has 120 valence electrons. The molecule has 0 amide bonds. The van der Waals surface area contributed by atoms with Crippen molar-refractivity contribution in [3.8, 4) is 0 Å². The van der Waals surface area contributed by atoms with E-state index < -0.39 is 23.5 Å². The lowest BCUT2D eigenvalue weighted by Crippen LogP contribution is -2.23. The van der Waals surface area contributed by atoms with Crippen LogP contribution >= 0.6 is 0 Å². The molecule has 2 atom stereocenters. The molecule has 0 radical (unpaired) electrons. The number of carboxylic acid groups (broad SMARTS) is 1. The monoisotopic (exact) mass is 317 g/mol. The Hall–Kier alpha value is -2.27. The summed E-state index contributed by atoms with van der Waals surface area (Å²) >= 11 is 0. The molecule has 0 spiro atoms. The van der Waals surface area contributed by atoms with Gasteiger partial charge in [0.05, 0.1) is 5.92 Å². The molecule has 2 aromatic rings. The standard InChI is InChI=1S/C18H17F2NO2/c19-16-7-6-13(8-17(16)20)14-10-21(11-15(14)18(22)23)9-12-4-2-1-3-5-12/h1-8,14-15H,9-11H2,(H,22,23)/t14?,15-/m1/s1. The van der Waals surface area contributed by atoms with Crippen LogP contribution in [0.3, 0.4) is 0 Å². The van der Waals surface area contributed by atoms with Gasteiger partial charge < -0.3 is 5.11 Å². The van der Waals surface area contributed by atoms with Gasteiger partial charge in [0.2, 0.25) is 0 Å². The average molecular weight is 317 g/mol. The van der Waals surface area contributed by atoms with E-state index in [4.69, 9.17) is 0 Å². The molecule has 3 nitrogen and oxygen atoms in total. The number of nitrogens with zero attached hydrogens (tertiary/aromatic N) is 1. The maximum Gasteiger partial charge on any atom is 0.308 e. The van der Waals surface area contributed by atoms with Crippen LogP contribution in [0, 0.1) is 17.6 Å². The van der Waals surface area contributed by atoms with Crippen LogP contribution in [-0.2, 0) is 11.3 Å². The summed E-state index contributed by atoms with van der Waals surface area (Å²) in [4.78, 5) is 13.6. The number of carboxylic acids is 1. The highest BCUT2D eigenvalue weighted by atomic mass is 19.2. The van der Waals surface area contributed by atoms with Gasteiger partial charge in [-0.1, -0.05) is 36.4 Å². The zero-order chi connectivity index (χ0) is 16.4. The van der Waals surface area contributed by atoms with E-state index in [1.807, 2.05) is 35.2 Å². The van der Waals surface area contributed by atoms with Crippen LogP contribution in [0.2, 0.25) is 0 Å². The summed E-state index contributed by atoms with van der Waals surface area (Å²) in [5.41, 5.74) is 1.63. The lowest BCUT2D eigenvalue weighted by Gasteiger charge is -2.16. The van der Waals surface area contributed by atoms with E-state index in [-0.39, 0.29) is 5.92 Å². The molecule has 3 rings (SSSR count). The molecule has 1 unspecified atom stereocenters. The number of hydrogen-bond acceptors (Lipinski definition) is 2. The second-order valence-electron chi connectivity index (χ2n) is 5.90. The Balaban J connectivity index is 1.81. The molecule has 1 aliphatic heterocycles. The van der Waals surface area contributed by atoms with Gasteiger partial charge in [0.1, 0.15) is 0 Å². The quantitative estimate of drug-likeness (QED) is 0.941. The second-order valence-corrected chi connectivity index (χ2v) is 5.90. The van der Waals surface area contributed by atoms with Crippen molar-refractivity contribution in [2.75, 3.05) is 13.1 Å². The Labute approximate surface area is 133 Å². The Kier molecular flexibility index (Phi) is 4.39. The van der Waals surface area contributed by atoms with Gasteiger partial charge in [-0.05, 0) is 23.3 Å². The SMILES string of the molecule is O=C(O)[C@@H]1CN(Cc2ccccc2)CC1c1ccc(F)c(F)c1. The van der Waals surface area contributed by atoms with Crippen LogP contribution in [0.25, 0.3) is 0 Å². The third-order valence-corrected chi connectivity index (χ3v) is 4.33. The first-order valence-electron chi connectivity index (χ1n) is 7.48. The Morgan fingerprint density at radius 2 is 1.83 bits per heavy atom. The van der Waals surface area contributed by atoms with Gasteiger partial charge in [0.15, 0.2) is 11.6 Å². The van der Waals surface area contributed by atoms with E-state index in [1.165, 1.54) is 6.07 Å². The number of benzene rings is 2. The van der Waals surface area contributed by atoms with Crippen LogP contribution in [0.15, 0.2) is 48.5 Å². The predicted molar refractivity (Wildman–Crippen MR) is 81.9 cm³/mol. The van der Waals surface area contributed by atoms with Gasteiger partial charge in [-0.2, -0.15) is 0 Å². The van der Waals surface area contributed by atoms with Gasteiger partial charge in [-0.3, -0.25) is 9.69 Å². The Morgan fingerprint density at radius 1 is 1.09 bits per heavy atom. The largest absolute Gasteiger partial charge is 0.481 e. The minimum Gasteiger partial charge on any atom is -0.481 e. The zero-order valence-corrected chi connectivity index (χ0v) is 12.5. The van der Waals surface area contributed by atoms with Crippen LogP contribution in [0.1, 0.15) is 17.0 Å². The van der Waals surface area contributed by atoms with E-state index >= 15 is 0 Å². The fourth-order valence-corrected chi connectivity index (χ4v) is 3.19. The van der Waals surface area contributed by atoms with Gasteiger partial charge in [-0.25, -0.2) is 8.78 Å². The van der Waals surface area contributed by atoms with Crippen LogP contribution in [0.5, 0.6) is 0 Å². The molecule has 1 aliphatic rings. The lowest BCUT2D eigenvalue weighted by atomic mass is 9.89. The molecule has 0 bridgehead atoms. The van der Waals surface area contributed by atoms with Crippen molar-refractivity contribution in [2.45, 2.75) is 12.5 Å². The minimum atomic E-state index is -0.937. The van der Waals surface area contributed by atoms with Crippen LogP contribution < -0.4 is 0 Å². The third kappa shape index (κ3) is 3.40. The highest BCUT2D eigenvalue weighted by molar-refractivity contribution is 5.72. The maximum atomic E-state index is 13.5. The lowest BCUT2D eigenvalue weighted by molar-refractivity contribution is -0.141. The van der Waals surface area contributed by atoms with Crippen molar-refractivity contribution in [3.63, 3.8) is 0 Å². The summed E-state index contributed by atoms with van der Waals surface area (Å²) < 4.78 is 26.6. The molecule has 23 heavy (non-hydrogen) atoms. The van der Waals surface area contributed by atoms with Crippen molar-refractivity contribution in [1.82, 2.24) is 4.90 Å². The smallest absolute Gasteiger partial charge is 0.308 e. The van der Waals surface area contributed by atoms with Crippen molar-refractivity contribution in [1.29, 1.82) is 0 Å². The number of likely N-dealkylation sites (tertiary alicyclic amines) is 1. The minimum absolute atomic E-state index is 0.341. The molecule has 0 aliphatic carbocycles. The fourth-order valence-electron chi connectivity index (χ4n) is 3.19. The van der Waals surface area contributed by atoms with Crippen LogP contribution in [0.4, 0.5) is 8.78 Å². The molecule has 5 heteroatoms. The molecule has 1 N–H and O–H groups in total. The second kappa shape index (κ2) is 6.46. The van der Waals surface area contributed by atoms with E-state index in [9.17, 15) is 18.7 Å². The van der Waals surface area contributed by atoms with Gasteiger partial charge in [0.25, 0.3) is 0 Å². The van der Waals surface area contributed by atoms with Crippen molar-refractivity contribution >= 4 is 5.97 Å². The molecule has 1 fully saturated rings. The van der Waals surface area contributed by atoms with E-state index in [1.54, 1.807) is 0 Å². The van der Waals surface area contributed by atoms with Crippen LogP contribution in [-0.4, -0.2) is 29.1 Å². The Bertz CT molecular complexity index is 705. The van der Waals surface area contributed by atoms with Crippen molar-refractivity contribution in [3.05, 3.63) is 71.3 Å². The molecular formula is C18H17F2NO2. The number of halogens is 2. The highest BCUT2D eigenvalue weighted by Gasteiger charge is 2.38. The summed E-state index contributed by atoms with van der Waals surface area (Å²) in [5, 5.41) is 9.46. The first-order valence-corrected chi connectivity index (χ1v) is 7.48. The Morgan fingerprint density at radius 3 is 2.48 bits per heavy atom. The fraction of sp³-hybridized carbons (Fsp3) is 0.278. The highest BCUT2D eigenvalue weighted by Crippen LogP contribution is 2.34. The predicted octanol–water partition coefficient (Wildman–Crippen LogP) is 3.27. The van der Waals surface area contributed by atoms with Gasteiger partial charge in [0, 0.05) is 25.6 Å². The van der Waals surface area contributed by atoms with Crippen molar-refractivity contribution < 1.29 is 18.7 Å². The maximum absolute atomic E-state index is 13.5. The normalized spacial score (nSPS) is 21.5. The zero-order valence-electron chi connectivity index (χ0n) is 12.5. The summed E-state index contributed by atoms with van der Waals surface area (Å²) in [5.74, 6) is -3.72. The first-order chi connectivity index (χ1) is 11.0. The molecule has 1 heterocycles. The topological polar surface area (TPSA) is 40.5 Å². The van der Waals surface area contributed by atoms with E-state index in [2.05, 4.69) is 0 Å². The molecule has 0 saturated carbocycles. The number of carbonyl (C=O) groups is 1. The summed E-state index contributed by atoms with van der Waals surface area (Å²) in [6, 6.07) is 13.4. The molecular weight excluding hydrogens is 300 g/mol. The van der Waals surface area contributed by atoms with E-state index in [0.29, 0.717) is 25.2 Å². The number of aliphatic carboxylic acids is 1. The number of rotatable bonds is 4. The molecule has 1 saturated heterocycles. The molecule has 0 aromatic heterocycles. The summed E-state index contributed by atoms with van der Waals surface area (Å²) in [6.45, 7) is 1.55. The number of hydrogen-bond donors (Lipinski definition) is 1. The van der Waals surface area contributed by atoms with E-state index in [0.717, 1.165) is 17.7 Å². The summed E-state index contributed by atoms with van der Waals surface area (Å²) in [6.07, 6.45) is 0. The average Bonchev–Trinajstić information content (AvgIpc) is 2.95. The molecule has 2 aromatic carbocycles. The third-order valence-electron chi connectivity index (χ3n) is 4.33. The van der Waals surface area contributed by atoms with Gasteiger partial charge in [-0.15, -0.1) is 0 Å². The van der Waals surface area contributed by atoms with Crippen molar-refractivity contribution in [2.24, 2.45) is 5.92 Å². The summed E-state index contributed by atoms with van der Waals surface area (Å²) in [7, 11) is 0. The van der Waals surface area contributed by atoms with Gasteiger partial charge >= 0.3 is 5.97 Å².